The first-order chi connectivity index (χ1) is 12.8. The topological polar surface area (TPSA) is 83.5 Å². The summed E-state index contributed by atoms with van der Waals surface area (Å²) in [6, 6.07) is 5.86. The summed E-state index contributed by atoms with van der Waals surface area (Å²) in [4.78, 5) is 29.5. The molecule has 3 rings (SSSR count). The molecule has 1 amide bonds. The lowest BCUT2D eigenvalue weighted by Crippen LogP contribution is -2.49. The number of hydrogen-bond donors (Lipinski definition) is 1. The van der Waals surface area contributed by atoms with Crippen molar-refractivity contribution in [3.63, 3.8) is 0 Å². The van der Waals surface area contributed by atoms with E-state index in [1.165, 1.54) is 6.20 Å². The van der Waals surface area contributed by atoms with Crippen LogP contribution in [0.1, 0.15) is 16.9 Å². The Balaban J connectivity index is 1.50. The smallest absolute Gasteiger partial charge is 0.274 e. The van der Waals surface area contributed by atoms with Crippen molar-refractivity contribution in [3.8, 4) is 0 Å². The Morgan fingerprint density at radius 1 is 1.15 bits per heavy atom. The standard InChI is InChI=1S/C18H24N6O2/c1-26-12-4-7-19-16-14-21-15(13-22-16)18(25)24-10-8-23(9-11-24)17-5-2-3-6-20-17/h2-3,5-6,13-14H,4,7-12H2,1H3,(H,19,22). The predicted molar refractivity (Wildman–Crippen MR) is 99.4 cm³/mol. The van der Waals surface area contributed by atoms with E-state index in [1.54, 1.807) is 19.5 Å². The first-order valence-electron chi connectivity index (χ1n) is 8.78. The highest BCUT2D eigenvalue weighted by Crippen LogP contribution is 2.14. The number of nitrogens with zero attached hydrogens (tertiary/aromatic N) is 5. The molecular weight excluding hydrogens is 332 g/mol. The summed E-state index contributed by atoms with van der Waals surface area (Å²) in [5, 5.41) is 3.16. The number of rotatable bonds is 7. The van der Waals surface area contributed by atoms with Gasteiger partial charge in [0.1, 0.15) is 17.3 Å². The maximum Gasteiger partial charge on any atom is 0.274 e. The van der Waals surface area contributed by atoms with Crippen LogP contribution in [-0.4, -0.2) is 72.2 Å². The average molecular weight is 356 g/mol. The Bertz CT molecular complexity index is 687. The lowest BCUT2D eigenvalue weighted by atomic mass is 10.2. The molecule has 1 fully saturated rings. The van der Waals surface area contributed by atoms with E-state index >= 15 is 0 Å². The zero-order valence-electron chi connectivity index (χ0n) is 15.0. The van der Waals surface area contributed by atoms with Gasteiger partial charge in [-0.2, -0.15) is 0 Å². The number of ether oxygens (including phenoxy) is 1. The van der Waals surface area contributed by atoms with Gasteiger partial charge in [-0.3, -0.25) is 4.79 Å². The van der Waals surface area contributed by atoms with Crippen molar-refractivity contribution < 1.29 is 9.53 Å². The zero-order valence-corrected chi connectivity index (χ0v) is 15.0. The molecule has 0 bridgehead atoms. The van der Waals surface area contributed by atoms with E-state index < -0.39 is 0 Å². The SMILES string of the molecule is COCCCNc1cnc(C(=O)N2CCN(c3ccccn3)CC2)cn1. The van der Waals surface area contributed by atoms with Crippen LogP contribution in [0.4, 0.5) is 11.6 Å². The number of anilines is 2. The molecule has 0 saturated carbocycles. The van der Waals surface area contributed by atoms with Crippen molar-refractivity contribution in [2.45, 2.75) is 6.42 Å². The second kappa shape index (κ2) is 9.10. The van der Waals surface area contributed by atoms with Gasteiger partial charge in [-0.1, -0.05) is 6.07 Å². The summed E-state index contributed by atoms with van der Waals surface area (Å²) in [6.45, 7) is 4.26. The molecular formula is C18H24N6O2. The highest BCUT2D eigenvalue weighted by atomic mass is 16.5. The fourth-order valence-corrected chi connectivity index (χ4v) is 2.80. The van der Waals surface area contributed by atoms with Crippen molar-refractivity contribution in [2.75, 3.05) is 56.7 Å². The maximum absolute atomic E-state index is 12.6. The summed E-state index contributed by atoms with van der Waals surface area (Å²) in [7, 11) is 1.68. The molecule has 0 aromatic carbocycles. The van der Waals surface area contributed by atoms with E-state index in [0.29, 0.717) is 31.2 Å². The number of piperazine rings is 1. The molecule has 8 nitrogen and oxygen atoms in total. The molecule has 2 aromatic rings. The number of nitrogens with one attached hydrogen (secondary N) is 1. The van der Waals surface area contributed by atoms with Crippen molar-refractivity contribution in [2.24, 2.45) is 0 Å². The fourth-order valence-electron chi connectivity index (χ4n) is 2.80. The largest absolute Gasteiger partial charge is 0.385 e. The molecule has 1 aliphatic rings. The van der Waals surface area contributed by atoms with Gasteiger partial charge in [-0.05, 0) is 18.6 Å². The van der Waals surface area contributed by atoms with Gasteiger partial charge in [0.05, 0.1) is 12.4 Å². The first kappa shape index (κ1) is 18.1. The van der Waals surface area contributed by atoms with E-state index in [9.17, 15) is 4.79 Å². The van der Waals surface area contributed by atoms with Crippen molar-refractivity contribution in [1.29, 1.82) is 0 Å². The predicted octanol–water partition coefficient (Wildman–Crippen LogP) is 1.28. The quantitative estimate of drug-likeness (QED) is 0.748. The average Bonchev–Trinajstić information content (AvgIpc) is 2.72. The Morgan fingerprint density at radius 2 is 2.00 bits per heavy atom. The van der Waals surface area contributed by atoms with E-state index in [4.69, 9.17) is 4.74 Å². The van der Waals surface area contributed by atoms with E-state index in [2.05, 4.69) is 25.2 Å². The Morgan fingerprint density at radius 3 is 2.65 bits per heavy atom. The number of carbonyl (C=O) groups excluding carboxylic acids is 1. The Kier molecular flexibility index (Phi) is 6.32. The van der Waals surface area contributed by atoms with Crippen LogP contribution >= 0.6 is 0 Å². The lowest BCUT2D eigenvalue weighted by Gasteiger charge is -2.35. The van der Waals surface area contributed by atoms with Gasteiger partial charge < -0.3 is 19.9 Å². The summed E-state index contributed by atoms with van der Waals surface area (Å²) < 4.78 is 5.00. The number of hydrogen-bond acceptors (Lipinski definition) is 7. The second-order valence-corrected chi connectivity index (χ2v) is 6.03. The molecule has 26 heavy (non-hydrogen) atoms. The third-order valence-electron chi connectivity index (χ3n) is 4.24. The van der Waals surface area contributed by atoms with Gasteiger partial charge >= 0.3 is 0 Å². The lowest BCUT2D eigenvalue weighted by molar-refractivity contribution is 0.0740. The van der Waals surface area contributed by atoms with Crippen LogP contribution in [0, 0.1) is 0 Å². The van der Waals surface area contributed by atoms with Gasteiger partial charge in [0, 0.05) is 52.6 Å². The number of pyridine rings is 1. The number of carbonyl (C=O) groups is 1. The highest BCUT2D eigenvalue weighted by molar-refractivity contribution is 5.92. The van der Waals surface area contributed by atoms with Crippen LogP contribution in [-0.2, 0) is 4.74 Å². The van der Waals surface area contributed by atoms with Crippen molar-refractivity contribution >= 4 is 17.5 Å². The van der Waals surface area contributed by atoms with Gasteiger partial charge in [0.2, 0.25) is 0 Å². The zero-order chi connectivity index (χ0) is 18.2. The second-order valence-electron chi connectivity index (χ2n) is 6.03. The van der Waals surface area contributed by atoms with Crippen LogP contribution in [0.5, 0.6) is 0 Å². The summed E-state index contributed by atoms with van der Waals surface area (Å²) in [5.41, 5.74) is 0.374. The minimum Gasteiger partial charge on any atom is -0.385 e. The van der Waals surface area contributed by atoms with Gasteiger partial charge in [-0.25, -0.2) is 15.0 Å². The molecule has 1 saturated heterocycles. The molecule has 138 valence electrons. The Labute approximate surface area is 153 Å². The van der Waals surface area contributed by atoms with E-state index in [0.717, 1.165) is 31.9 Å². The Hall–Kier alpha value is -2.74. The van der Waals surface area contributed by atoms with Crippen LogP contribution < -0.4 is 10.2 Å². The van der Waals surface area contributed by atoms with E-state index in [-0.39, 0.29) is 5.91 Å². The maximum atomic E-state index is 12.6. The third-order valence-corrected chi connectivity index (χ3v) is 4.24. The molecule has 8 heteroatoms. The third kappa shape index (κ3) is 4.66. The molecule has 3 heterocycles. The van der Waals surface area contributed by atoms with Gasteiger partial charge in [-0.15, -0.1) is 0 Å². The van der Waals surface area contributed by atoms with Crippen LogP contribution in [0.3, 0.4) is 0 Å². The molecule has 0 unspecified atom stereocenters. The minimum absolute atomic E-state index is 0.0795. The van der Waals surface area contributed by atoms with Crippen molar-refractivity contribution in [3.05, 3.63) is 42.5 Å². The fraction of sp³-hybridized carbons (Fsp3) is 0.444. The van der Waals surface area contributed by atoms with Gasteiger partial charge in [0.25, 0.3) is 5.91 Å². The highest BCUT2D eigenvalue weighted by Gasteiger charge is 2.23. The first-order valence-corrected chi connectivity index (χ1v) is 8.78. The molecule has 0 radical (unpaired) electrons. The molecule has 2 aromatic heterocycles. The number of amides is 1. The molecule has 0 atom stereocenters. The van der Waals surface area contributed by atoms with Crippen LogP contribution in [0.25, 0.3) is 0 Å². The van der Waals surface area contributed by atoms with E-state index in [1.807, 2.05) is 23.1 Å². The molecule has 0 aliphatic carbocycles. The van der Waals surface area contributed by atoms with Crippen LogP contribution in [0.2, 0.25) is 0 Å². The summed E-state index contributed by atoms with van der Waals surface area (Å²) in [6.07, 6.45) is 5.81. The monoisotopic (exact) mass is 356 g/mol. The van der Waals surface area contributed by atoms with Crippen molar-refractivity contribution in [1.82, 2.24) is 19.9 Å². The minimum atomic E-state index is -0.0795. The number of methoxy groups -OCH3 is 1. The normalized spacial score (nSPS) is 14.3. The number of aromatic nitrogens is 3. The summed E-state index contributed by atoms with van der Waals surface area (Å²) >= 11 is 0. The summed E-state index contributed by atoms with van der Waals surface area (Å²) in [5.74, 6) is 1.53. The molecule has 1 aliphatic heterocycles. The van der Waals surface area contributed by atoms with Crippen LogP contribution in [0.15, 0.2) is 36.8 Å². The van der Waals surface area contributed by atoms with Gasteiger partial charge in [0.15, 0.2) is 0 Å². The molecule has 1 N–H and O–H groups in total. The molecule has 0 spiro atoms.